The molecule has 0 aliphatic rings. The zero-order chi connectivity index (χ0) is 19.0. The molecule has 26 heavy (non-hydrogen) atoms. The molecule has 0 saturated carbocycles. The van der Waals surface area contributed by atoms with Gasteiger partial charge in [0, 0.05) is 28.4 Å². The number of H-pyrrole nitrogens is 2. The Kier molecular flexibility index (Phi) is 4.50. The summed E-state index contributed by atoms with van der Waals surface area (Å²) in [5.74, 6) is -1.05. The van der Waals surface area contributed by atoms with Gasteiger partial charge in [-0.15, -0.1) is 0 Å². The van der Waals surface area contributed by atoms with Crippen LogP contribution >= 0.6 is 0 Å². The Labute approximate surface area is 150 Å². The lowest BCUT2D eigenvalue weighted by Gasteiger charge is -2.12. The number of aryl methyl sites for hydroxylation is 1. The number of fused-ring (bicyclic) bond motifs is 1. The van der Waals surface area contributed by atoms with Gasteiger partial charge in [0.05, 0.1) is 11.3 Å². The molecule has 6 heteroatoms. The lowest BCUT2D eigenvalue weighted by atomic mass is 10.0. The predicted octanol–water partition coefficient (Wildman–Crippen LogP) is 3.74. The number of hydrogen-bond acceptors (Lipinski definition) is 4. The summed E-state index contributed by atoms with van der Waals surface area (Å²) in [5, 5.41) is 0.739. The third-order valence-electron chi connectivity index (χ3n) is 4.50. The number of aromatic nitrogens is 2. The lowest BCUT2D eigenvalue weighted by molar-refractivity contribution is 0.0319. The molecule has 134 valence electrons. The molecule has 1 aromatic carbocycles. The maximum absolute atomic E-state index is 12.7. The van der Waals surface area contributed by atoms with Crippen molar-refractivity contribution in [1.82, 2.24) is 9.97 Å². The molecule has 0 aliphatic carbocycles. The molecule has 0 amide bonds. The summed E-state index contributed by atoms with van der Waals surface area (Å²) in [5.41, 5.74) is 3.21. The van der Waals surface area contributed by atoms with Crippen LogP contribution in [-0.2, 0) is 4.74 Å². The normalized spacial score (nSPS) is 12.2. The maximum Gasteiger partial charge on any atom is 0.341 e. The molecule has 0 spiro atoms. The maximum atomic E-state index is 12.7. The summed E-state index contributed by atoms with van der Waals surface area (Å²) in [4.78, 5) is 42.8. The van der Waals surface area contributed by atoms with E-state index in [2.05, 4.69) is 9.97 Å². The highest BCUT2D eigenvalue weighted by molar-refractivity contribution is 6.07. The fourth-order valence-electron chi connectivity index (χ4n) is 3.25. The number of benzene rings is 1. The summed E-state index contributed by atoms with van der Waals surface area (Å²) >= 11 is 0. The standard InChI is InChI=1S/C20H20N2O4/c1-10-17(12(3)23)11(2)22-18(10)19(24)13(4)26-20(25)15-9-21-16-8-6-5-7-14(15)16/h5-9,13,21-22H,1-4H3. The van der Waals surface area contributed by atoms with E-state index in [0.29, 0.717) is 28.1 Å². The summed E-state index contributed by atoms with van der Waals surface area (Å²) in [6, 6.07) is 7.36. The number of ketones is 2. The average molecular weight is 352 g/mol. The van der Waals surface area contributed by atoms with Gasteiger partial charge in [-0.05, 0) is 39.3 Å². The van der Waals surface area contributed by atoms with E-state index in [1.165, 1.54) is 13.8 Å². The Balaban J connectivity index is 1.83. The third kappa shape index (κ3) is 2.94. The number of aromatic amines is 2. The Morgan fingerprint density at radius 3 is 2.46 bits per heavy atom. The molecule has 0 radical (unpaired) electrons. The minimum Gasteiger partial charge on any atom is -0.451 e. The van der Waals surface area contributed by atoms with Crippen LogP contribution in [0.25, 0.3) is 10.9 Å². The fourth-order valence-corrected chi connectivity index (χ4v) is 3.25. The number of para-hydroxylation sites is 1. The van der Waals surface area contributed by atoms with Crippen molar-refractivity contribution in [3.05, 3.63) is 58.5 Å². The van der Waals surface area contributed by atoms with E-state index in [-0.39, 0.29) is 11.6 Å². The summed E-state index contributed by atoms with van der Waals surface area (Å²) < 4.78 is 5.37. The molecular weight excluding hydrogens is 332 g/mol. The monoisotopic (exact) mass is 352 g/mol. The van der Waals surface area contributed by atoms with Gasteiger partial charge >= 0.3 is 5.97 Å². The Morgan fingerprint density at radius 1 is 1.12 bits per heavy atom. The third-order valence-corrected chi connectivity index (χ3v) is 4.50. The zero-order valence-electron chi connectivity index (χ0n) is 15.1. The van der Waals surface area contributed by atoms with Gasteiger partial charge in [-0.1, -0.05) is 18.2 Å². The molecule has 1 unspecified atom stereocenters. The van der Waals surface area contributed by atoms with E-state index < -0.39 is 12.1 Å². The van der Waals surface area contributed by atoms with Crippen LogP contribution in [0.3, 0.4) is 0 Å². The van der Waals surface area contributed by atoms with Crippen LogP contribution in [0.15, 0.2) is 30.5 Å². The number of rotatable bonds is 5. The number of carbonyl (C=O) groups is 3. The molecule has 0 aliphatic heterocycles. The molecule has 0 bridgehead atoms. The molecule has 3 rings (SSSR count). The van der Waals surface area contributed by atoms with Crippen molar-refractivity contribution in [1.29, 1.82) is 0 Å². The first-order valence-electron chi connectivity index (χ1n) is 8.32. The van der Waals surface area contributed by atoms with Gasteiger partial charge in [-0.3, -0.25) is 9.59 Å². The summed E-state index contributed by atoms with van der Waals surface area (Å²) in [6.45, 7) is 6.43. The molecule has 2 aromatic heterocycles. The minimum absolute atomic E-state index is 0.112. The molecule has 0 fully saturated rings. The highest BCUT2D eigenvalue weighted by Gasteiger charge is 2.27. The van der Waals surface area contributed by atoms with Crippen LogP contribution < -0.4 is 0 Å². The van der Waals surface area contributed by atoms with Gasteiger partial charge in [0.25, 0.3) is 0 Å². The van der Waals surface area contributed by atoms with Crippen molar-refractivity contribution in [2.75, 3.05) is 0 Å². The van der Waals surface area contributed by atoms with Crippen LogP contribution in [-0.4, -0.2) is 33.6 Å². The Morgan fingerprint density at radius 2 is 1.81 bits per heavy atom. The van der Waals surface area contributed by atoms with Crippen LogP contribution in [0.5, 0.6) is 0 Å². The summed E-state index contributed by atoms with van der Waals surface area (Å²) in [7, 11) is 0. The van der Waals surface area contributed by atoms with Crippen molar-refractivity contribution in [2.24, 2.45) is 0 Å². The fraction of sp³-hybridized carbons (Fsp3) is 0.250. The molecule has 2 N–H and O–H groups in total. The summed E-state index contributed by atoms with van der Waals surface area (Å²) in [6.07, 6.45) is 0.593. The van der Waals surface area contributed by atoms with Crippen molar-refractivity contribution in [3.8, 4) is 0 Å². The van der Waals surface area contributed by atoms with Crippen molar-refractivity contribution < 1.29 is 19.1 Å². The topological polar surface area (TPSA) is 92.0 Å². The molecule has 1 atom stereocenters. The minimum atomic E-state index is -0.979. The second-order valence-corrected chi connectivity index (χ2v) is 6.34. The number of Topliss-reactive ketones (excluding diaryl/α,β-unsaturated/α-hetero) is 2. The first-order chi connectivity index (χ1) is 12.3. The lowest BCUT2D eigenvalue weighted by Crippen LogP contribution is -2.25. The second kappa shape index (κ2) is 6.63. The largest absolute Gasteiger partial charge is 0.451 e. The van der Waals surface area contributed by atoms with Crippen LogP contribution in [0.2, 0.25) is 0 Å². The first-order valence-corrected chi connectivity index (χ1v) is 8.32. The number of nitrogens with one attached hydrogen (secondary N) is 2. The SMILES string of the molecule is CC(=O)c1c(C)[nH]c(C(=O)C(C)OC(=O)c2c[nH]c3ccccc23)c1C. The van der Waals surface area contributed by atoms with Gasteiger partial charge < -0.3 is 14.7 Å². The van der Waals surface area contributed by atoms with Gasteiger partial charge in [0.15, 0.2) is 11.9 Å². The number of carbonyl (C=O) groups excluding carboxylic acids is 3. The molecule has 2 heterocycles. The van der Waals surface area contributed by atoms with Crippen molar-refractivity contribution in [2.45, 2.75) is 33.8 Å². The van der Waals surface area contributed by atoms with Crippen LogP contribution in [0, 0.1) is 13.8 Å². The predicted molar refractivity (Wildman–Crippen MR) is 97.8 cm³/mol. The quantitative estimate of drug-likeness (QED) is 0.540. The van der Waals surface area contributed by atoms with E-state index in [0.717, 1.165) is 10.9 Å². The van der Waals surface area contributed by atoms with Gasteiger partial charge in [0.1, 0.15) is 0 Å². The zero-order valence-corrected chi connectivity index (χ0v) is 15.1. The molecular formula is C20H20N2O4. The van der Waals surface area contributed by atoms with E-state index in [1.807, 2.05) is 24.3 Å². The van der Waals surface area contributed by atoms with Gasteiger partial charge in [-0.2, -0.15) is 0 Å². The van der Waals surface area contributed by atoms with E-state index >= 15 is 0 Å². The number of hydrogen-bond donors (Lipinski definition) is 2. The molecule has 6 nitrogen and oxygen atoms in total. The number of esters is 1. The van der Waals surface area contributed by atoms with Crippen LogP contribution in [0.1, 0.15) is 56.3 Å². The highest BCUT2D eigenvalue weighted by Crippen LogP contribution is 2.22. The molecule has 3 aromatic rings. The van der Waals surface area contributed by atoms with Gasteiger partial charge in [0.2, 0.25) is 5.78 Å². The molecule has 0 saturated heterocycles. The first kappa shape index (κ1) is 17.7. The van der Waals surface area contributed by atoms with E-state index in [4.69, 9.17) is 4.74 Å². The average Bonchev–Trinajstić information content (AvgIpc) is 3.14. The second-order valence-electron chi connectivity index (χ2n) is 6.34. The highest BCUT2D eigenvalue weighted by atomic mass is 16.5. The Bertz CT molecular complexity index is 1030. The van der Waals surface area contributed by atoms with E-state index in [1.54, 1.807) is 20.0 Å². The van der Waals surface area contributed by atoms with Crippen molar-refractivity contribution in [3.63, 3.8) is 0 Å². The number of ether oxygens (including phenoxy) is 1. The van der Waals surface area contributed by atoms with Crippen LogP contribution in [0.4, 0.5) is 0 Å². The smallest absolute Gasteiger partial charge is 0.341 e. The Hall–Kier alpha value is -3.15. The van der Waals surface area contributed by atoms with Crippen molar-refractivity contribution >= 4 is 28.4 Å². The van der Waals surface area contributed by atoms with E-state index in [9.17, 15) is 14.4 Å². The van der Waals surface area contributed by atoms with Gasteiger partial charge in [-0.25, -0.2) is 4.79 Å².